The van der Waals surface area contributed by atoms with E-state index in [1.54, 1.807) is 6.92 Å². The van der Waals surface area contributed by atoms with Gasteiger partial charge in [0, 0.05) is 12.5 Å². The number of benzene rings is 1. The van der Waals surface area contributed by atoms with E-state index in [9.17, 15) is 4.79 Å². The number of carbonyl (C=O) groups excluding carboxylic acids is 1. The van der Waals surface area contributed by atoms with E-state index >= 15 is 0 Å². The van der Waals surface area contributed by atoms with Gasteiger partial charge in [0.05, 0.1) is 12.2 Å². The molecule has 0 atom stereocenters. The van der Waals surface area contributed by atoms with E-state index in [0.29, 0.717) is 6.54 Å². The van der Waals surface area contributed by atoms with Crippen molar-refractivity contribution >= 4 is 17.2 Å². The largest absolute Gasteiger partial charge is 0.308 e. The smallest absolute Gasteiger partial charge is 0.224 e. The third-order valence-electron chi connectivity index (χ3n) is 3.18. The van der Waals surface area contributed by atoms with Crippen LogP contribution in [0.2, 0.25) is 0 Å². The highest BCUT2D eigenvalue weighted by Crippen LogP contribution is 2.37. The van der Waals surface area contributed by atoms with Crippen LogP contribution in [0.4, 0.5) is 5.69 Å². The number of rotatable bonds is 2. The van der Waals surface area contributed by atoms with Gasteiger partial charge in [-0.05, 0) is 25.0 Å². The van der Waals surface area contributed by atoms with Crippen LogP contribution in [0.1, 0.15) is 25.8 Å². The Morgan fingerprint density at radius 3 is 2.76 bits per heavy atom. The number of fused-ring (bicyclic) bond motifs is 1. The summed E-state index contributed by atoms with van der Waals surface area (Å²) in [5, 5.41) is 0. The van der Waals surface area contributed by atoms with Gasteiger partial charge >= 0.3 is 0 Å². The van der Waals surface area contributed by atoms with Crippen LogP contribution in [-0.4, -0.2) is 12.5 Å². The molecule has 0 unspecified atom stereocenters. The first kappa shape index (κ1) is 11.6. The average Bonchev–Trinajstić information content (AvgIpc) is 2.69. The number of carbonyl (C=O) groups is 1. The fourth-order valence-electron chi connectivity index (χ4n) is 2.28. The molecule has 0 spiro atoms. The number of hydrogen-bond donors (Lipinski definition) is 0. The quantitative estimate of drug-likeness (QED) is 0.709. The van der Waals surface area contributed by atoms with Crippen molar-refractivity contribution in [1.82, 2.24) is 0 Å². The Kier molecular flexibility index (Phi) is 3.14. The zero-order valence-electron chi connectivity index (χ0n) is 10.4. The lowest BCUT2D eigenvalue weighted by Gasteiger charge is -2.13. The van der Waals surface area contributed by atoms with Gasteiger partial charge in [0.1, 0.15) is 0 Å². The van der Waals surface area contributed by atoms with Gasteiger partial charge in [-0.25, -0.2) is 0 Å². The van der Waals surface area contributed by atoms with Gasteiger partial charge in [0.25, 0.3) is 0 Å². The molecular weight excluding hydrogens is 210 g/mol. The molecule has 2 nitrogen and oxygen atoms in total. The molecule has 1 heterocycles. The highest BCUT2D eigenvalue weighted by Gasteiger charge is 2.26. The van der Waals surface area contributed by atoms with Gasteiger partial charge in [0.2, 0.25) is 5.91 Å². The second-order valence-electron chi connectivity index (χ2n) is 4.37. The summed E-state index contributed by atoms with van der Waals surface area (Å²) < 4.78 is 0. The second kappa shape index (κ2) is 4.58. The SMILES string of the molecule is C=CC/C(C)=C1/CN(C(C)=O)c2ccccc21. The molecule has 0 radical (unpaired) electrons. The topological polar surface area (TPSA) is 20.3 Å². The first-order chi connectivity index (χ1) is 8.15. The van der Waals surface area contributed by atoms with Crippen molar-refractivity contribution in [3.63, 3.8) is 0 Å². The third-order valence-corrected chi connectivity index (χ3v) is 3.18. The molecule has 2 rings (SSSR count). The first-order valence-corrected chi connectivity index (χ1v) is 5.82. The molecule has 1 amide bonds. The van der Waals surface area contributed by atoms with Crippen molar-refractivity contribution in [2.75, 3.05) is 11.4 Å². The Morgan fingerprint density at radius 1 is 1.41 bits per heavy atom. The summed E-state index contributed by atoms with van der Waals surface area (Å²) in [5.74, 6) is 0.0962. The van der Waals surface area contributed by atoms with Gasteiger partial charge in [-0.1, -0.05) is 29.8 Å². The van der Waals surface area contributed by atoms with Crippen molar-refractivity contribution in [2.45, 2.75) is 20.3 Å². The highest BCUT2D eigenvalue weighted by molar-refractivity contribution is 6.02. The van der Waals surface area contributed by atoms with Crippen LogP contribution in [0.15, 0.2) is 42.5 Å². The maximum atomic E-state index is 11.6. The molecule has 0 fully saturated rings. The molecule has 0 saturated heterocycles. The number of anilines is 1. The van der Waals surface area contributed by atoms with Crippen LogP contribution in [-0.2, 0) is 4.79 Å². The summed E-state index contributed by atoms with van der Waals surface area (Å²) in [5.41, 5.74) is 4.76. The monoisotopic (exact) mass is 227 g/mol. The van der Waals surface area contributed by atoms with Gasteiger partial charge in [-0.3, -0.25) is 4.79 Å². The standard InChI is InChI=1S/C15H17NO/c1-4-7-11(2)14-10-16(12(3)17)15-9-6-5-8-13(14)15/h4-6,8-9H,1,7,10H2,2-3H3/b14-11-. The van der Waals surface area contributed by atoms with E-state index in [-0.39, 0.29) is 5.91 Å². The van der Waals surface area contributed by atoms with Crippen LogP contribution in [0, 0.1) is 0 Å². The van der Waals surface area contributed by atoms with E-state index in [0.717, 1.165) is 12.1 Å². The maximum absolute atomic E-state index is 11.6. The summed E-state index contributed by atoms with van der Waals surface area (Å²) in [6.07, 6.45) is 2.77. The normalized spacial score (nSPS) is 16.7. The second-order valence-corrected chi connectivity index (χ2v) is 4.37. The van der Waals surface area contributed by atoms with Gasteiger partial charge in [-0.2, -0.15) is 0 Å². The van der Waals surface area contributed by atoms with Crippen LogP contribution in [0.5, 0.6) is 0 Å². The average molecular weight is 227 g/mol. The van der Waals surface area contributed by atoms with Gasteiger partial charge in [-0.15, -0.1) is 6.58 Å². The minimum atomic E-state index is 0.0962. The first-order valence-electron chi connectivity index (χ1n) is 5.82. The van der Waals surface area contributed by atoms with E-state index in [1.165, 1.54) is 16.7 Å². The van der Waals surface area contributed by atoms with Crippen molar-refractivity contribution in [3.8, 4) is 0 Å². The Hall–Kier alpha value is -1.83. The molecule has 1 aromatic carbocycles. The predicted octanol–water partition coefficient (Wildman–Crippen LogP) is 3.40. The Bertz CT molecular complexity index is 499. The molecule has 88 valence electrons. The Morgan fingerprint density at radius 2 is 2.12 bits per heavy atom. The maximum Gasteiger partial charge on any atom is 0.224 e. The number of para-hydroxylation sites is 1. The van der Waals surface area contributed by atoms with Crippen molar-refractivity contribution in [3.05, 3.63) is 48.1 Å². The molecule has 17 heavy (non-hydrogen) atoms. The summed E-state index contributed by atoms with van der Waals surface area (Å²) in [7, 11) is 0. The minimum absolute atomic E-state index is 0.0962. The lowest BCUT2D eigenvalue weighted by molar-refractivity contribution is -0.116. The van der Waals surface area contributed by atoms with E-state index in [4.69, 9.17) is 0 Å². The summed E-state index contributed by atoms with van der Waals surface area (Å²) >= 11 is 0. The molecular formula is C15H17NO. The molecule has 2 heteroatoms. The lowest BCUT2D eigenvalue weighted by Crippen LogP contribution is -2.25. The lowest BCUT2D eigenvalue weighted by atomic mass is 10.0. The molecule has 1 aliphatic rings. The number of hydrogen-bond acceptors (Lipinski definition) is 1. The summed E-state index contributed by atoms with van der Waals surface area (Å²) in [4.78, 5) is 13.4. The van der Waals surface area contributed by atoms with Crippen LogP contribution in [0.3, 0.4) is 0 Å². The van der Waals surface area contributed by atoms with Crippen molar-refractivity contribution in [2.24, 2.45) is 0 Å². The highest BCUT2D eigenvalue weighted by atomic mass is 16.2. The fraction of sp³-hybridized carbons (Fsp3) is 0.267. The van der Waals surface area contributed by atoms with Crippen LogP contribution >= 0.6 is 0 Å². The number of amides is 1. The Labute approximate surface area is 102 Å². The van der Waals surface area contributed by atoms with Crippen molar-refractivity contribution in [1.29, 1.82) is 0 Å². The van der Waals surface area contributed by atoms with E-state index in [2.05, 4.69) is 19.6 Å². The fourth-order valence-corrected chi connectivity index (χ4v) is 2.28. The van der Waals surface area contributed by atoms with Crippen LogP contribution < -0.4 is 4.90 Å². The zero-order valence-corrected chi connectivity index (χ0v) is 10.4. The summed E-state index contributed by atoms with van der Waals surface area (Å²) in [6, 6.07) is 8.08. The van der Waals surface area contributed by atoms with E-state index in [1.807, 2.05) is 29.2 Å². The molecule has 1 aliphatic heterocycles. The van der Waals surface area contributed by atoms with Gasteiger partial charge < -0.3 is 4.90 Å². The third kappa shape index (κ3) is 2.03. The number of allylic oxidation sites excluding steroid dienone is 2. The van der Waals surface area contributed by atoms with Crippen LogP contribution in [0.25, 0.3) is 5.57 Å². The van der Waals surface area contributed by atoms with Crippen molar-refractivity contribution < 1.29 is 4.79 Å². The predicted molar refractivity (Wildman–Crippen MR) is 71.9 cm³/mol. The number of nitrogens with zero attached hydrogens (tertiary/aromatic N) is 1. The minimum Gasteiger partial charge on any atom is -0.308 e. The molecule has 0 N–H and O–H groups in total. The molecule has 0 bridgehead atoms. The molecule has 1 aromatic rings. The zero-order chi connectivity index (χ0) is 12.4. The molecule has 0 aliphatic carbocycles. The molecule has 0 saturated carbocycles. The summed E-state index contributed by atoms with van der Waals surface area (Å²) in [6.45, 7) is 8.18. The van der Waals surface area contributed by atoms with Gasteiger partial charge in [0.15, 0.2) is 0 Å². The Balaban J connectivity index is 2.52. The van der Waals surface area contributed by atoms with E-state index < -0.39 is 0 Å². The molecule has 0 aromatic heterocycles.